The molecule has 0 aliphatic carbocycles. The molecule has 5 nitrogen and oxygen atoms in total. The number of methoxy groups -OCH3 is 1. The largest absolute Gasteiger partial charge is 0.495 e. The molecule has 0 aliphatic heterocycles. The predicted molar refractivity (Wildman–Crippen MR) is 77.5 cm³/mol. The Morgan fingerprint density at radius 3 is 2.53 bits per heavy atom. The van der Waals surface area contributed by atoms with Gasteiger partial charge >= 0.3 is 0 Å². The van der Waals surface area contributed by atoms with E-state index in [1.807, 2.05) is 14.1 Å². The molecule has 0 aliphatic rings. The second-order valence-corrected chi connectivity index (χ2v) is 5.35. The number of hydrogen-bond acceptors (Lipinski definition) is 4. The number of nitrogens with zero attached hydrogens (tertiary/aromatic N) is 1. The van der Waals surface area contributed by atoms with E-state index < -0.39 is 0 Å². The lowest BCUT2D eigenvalue weighted by Gasteiger charge is -2.32. The zero-order valence-corrected chi connectivity index (χ0v) is 12.3. The number of benzene rings is 1. The molecule has 0 saturated carbocycles. The minimum atomic E-state index is -0.135. The maximum Gasteiger partial charge on any atom is 0.251 e. The van der Waals surface area contributed by atoms with Gasteiger partial charge in [0.2, 0.25) is 0 Å². The third kappa shape index (κ3) is 3.86. The summed E-state index contributed by atoms with van der Waals surface area (Å²) in [6, 6.07) is 5.02. The number of anilines is 1. The number of carbonyl (C=O) groups is 1. The molecule has 1 aromatic rings. The molecule has 0 heterocycles. The molecule has 106 valence electrons. The van der Waals surface area contributed by atoms with E-state index in [9.17, 15) is 4.79 Å². The van der Waals surface area contributed by atoms with Crippen LogP contribution in [0.25, 0.3) is 0 Å². The fourth-order valence-corrected chi connectivity index (χ4v) is 1.43. The molecule has 1 aromatic carbocycles. The molecule has 0 aromatic heterocycles. The summed E-state index contributed by atoms with van der Waals surface area (Å²) < 4.78 is 5.06. The molecular formula is C14H23N3O2. The molecule has 1 amide bonds. The Bertz CT molecular complexity index is 456. The van der Waals surface area contributed by atoms with E-state index in [2.05, 4.69) is 24.1 Å². The van der Waals surface area contributed by atoms with E-state index in [1.165, 1.54) is 0 Å². The summed E-state index contributed by atoms with van der Waals surface area (Å²) >= 11 is 0. The zero-order chi connectivity index (χ0) is 14.6. The van der Waals surface area contributed by atoms with Crippen LogP contribution in [0.3, 0.4) is 0 Å². The number of nitrogens with one attached hydrogen (secondary N) is 1. The Hall–Kier alpha value is -1.75. The predicted octanol–water partition coefficient (Wildman–Crippen LogP) is 1.35. The number of ether oxygens (including phenoxy) is 1. The molecule has 0 unspecified atom stereocenters. The first kappa shape index (κ1) is 15.3. The third-order valence-corrected chi connectivity index (χ3v) is 3.38. The van der Waals surface area contributed by atoms with Crippen molar-refractivity contribution in [2.24, 2.45) is 0 Å². The Balaban J connectivity index is 2.72. The van der Waals surface area contributed by atoms with Gasteiger partial charge in [0.05, 0.1) is 12.8 Å². The summed E-state index contributed by atoms with van der Waals surface area (Å²) in [5.41, 5.74) is 6.68. The van der Waals surface area contributed by atoms with E-state index in [4.69, 9.17) is 10.5 Å². The smallest absolute Gasteiger partial charge is 0.251 e. The quantitative estimate of drug-likeness (QED) is 0.789. The number of rotatable bonds is 5. The molecule has 0 fully saturated rings. The molecule has 3 N–H and O–H groups in total. The Morgan fingerprint density at radius 1 is 1.42 bits per heavy atom. The van der Waals surface area contributed by atoms with Crippen LogP contribution >= 0.6 is 0 Å². The highest BCUT2D eigenvalue weighted by Gasteiger charge is 2.21. The molecule has 0 atom stereocenters. The van der Waals surface area contributed by atoms with Crippen LogP contribution in [0.5, 0.6) is 5.75 Å². The van der Waals surface area contributed by atoms with Crippen LogP contribution in [-0.2, 0) is 0 Å². The topological polar surface area (TPSA) is 67.6 Å². The van der Waals surface area contributed by atoms with Crippen molar-refractivity contribution in [3.8, 4) is 5.75 Å². The Labute approximate surface area is 114 Å². The highest BCUT2D eigenvalue weighted by molar-refractivity contribution is 5.95. The first-order valence-corrected chi connectivity index (χ1v) is 6.17. The van der Waals surface area contributed by atoms with Crippen molar-refractivity contribution in [1.82, 2.24) is 10.2 Å². The molecule has 0 bridgehead atoms. The summed E-state index contributed by atoms with van der Waals surface area (Å²) in [6.45, 7) is 4.69. The van der Waals surface area contributed by atoms with Crippen molar-refractivity contribution >= 4 is 11.6 Å². The second-order valence-electron chi connectivity index (χ2n) is 5.35. The second kappa shape index (κ2) is 5.93. The number of likely N-dealkylation sites (N-methyl/N-ethyl adjacent to an activating group) is 1. The van der Waals surface area contributed by atoms with Gasteiger partial charge in [-0.3, -0.25) is 4.79 Å². The molecule has 19 heavy (non-hydrogen) atoms. The molecule has 0 radical (unpaired) electrons. The maximum absolute atomic E-state index is 12.0. The van der Waals surface area contributed by atoms with E-state index in [0.717, 1.165) is 0 Å². The molecule has 0 spiro atoms. The molecule has 0 saturated heterocycles. The number of nitrogens with two attached hydrogens (primary N) is 1. The lowest BCUT2D eigenvalue weighted by atomic mass is 10.0. The lowest BCUT2D eigenvalue weighted by Crippen LogP contribution is -2.48. The highest BCUT2D eigenvalue weighted by atomic mass is 16.5. The normalized spacial score (nSPS) is 11.5. The number of carbonyl (C=O) groups excluding carboxylic acids is 1. The average Bonchev–Trinajstić information content (AvgIpc) is 2.35. The van der Waals surface area contributed by atoms with Crippen LogP contribution in [0.2, 0.25) is 0 Å². The number of nitrogen functional groups attached to an aromatic ring is 1. The Morgan fingerprint density at radius 2 is 2.05 bits per heavy atom. The van der Waals surface area contributed by atoms with Crippen LogP contribution in [0.15, 0.2) is 18.2 Å². The van der Waals surface area contributed by atoms with Crippen LogP contribution in [0.1, 0.15) is 24.2 Å². The standard InChI is InChI=1S/C14H23N3O2/c1-14(2,17(3)4)9-16-13(18)10-6-7-12(19-5)11(15)8-10/h6-8H,9,15H2,1-5H3,(H,16,18). The van der Waals surface area contributed by atoms with Crippen molar-refractivity contribution in [2.45, 2.75) is 19.4 Å². The molecule has 1 rings (SSSR count). The zero-order valence-electron chi connectivity index (χ0n) is 12.3. The Kier molecular flexibility index (Phi) is 4.78. The van der Waals surface area contributed by atoms with Crippen molar-refractivity contribution in [1.29, 1.82) is 0 Å². The first-order valence-electron chi connectivity index (χ1n) is 6.17. The van der Waals surface area contributed by atoms with Crippen molar-refractivity contribution < 1.29 is 9.53 Å². The van der Waals surface area contributed by atoms with Gasteiger partial charge in [-0.1, -0.05) is 0 Å². The number of hydrogen-bond donors (Lipinski definition) is 2. The van der Waals surface area contributed by atoms with Gasteiger partial charge in [-0.05, 0) is 46.1 Å². The fourth-order valence-electron chi connectivity index (χ4n) is 1.43. The van der Waals surface area contributed by atoms with Gasteiger partial charge < -0.3 is 20.7 Å². The average molecular weight is 265 g/mol. The SMILES string of the molecule is COc1ccc(C(=O)NCC(C)(C)N(C)C)cc1N. The van der Waals surface area contributed by atoms with E-state index >= 15 is 0 Å². The van der Waals surface area contributed by atoms with Gasteiger partial charge in [-0.2, -0.15) is 0 Å². The van der Waals surface area contributed by atoms with Gasteiger partial charge in [0.1, 0.15) is 5.75 Å². The lowest BCUT2D eigenvalue weighted by molar-refractivity contribution is 0.0919. The minimum Gasteiger partial charge on any atom is -0.495 e. The summed E-state index contributed by atoms with van der Waals surface area (Å²) in [5.74, 6) is 0.439. The molecule has 5 heteroatoms. The summed E-state index contributed by atoms with van der Waals surface area (Å²) in [7, 11) is 5.51. The van der Waals surface area contributed by atoms with Gasteiger partial charge in [0.15, 0.2) is 0 Å². The summed E-state index contributed by atoms with van der Waals surface area (Å²) in [5, 5.41) is 2.91. The van der Waals surface area contributed by atoms with Crippen molar-refractivity contribution in [3.05, 3.63) is 23.8 Å². The molecular weight excluding hydrogens is 242 g/mol. The minimum absolute atomic E-state index is 0.103. The maximum atomic E-state index is 12.0. The van der Waals surface area contributed by atoms with E-state index in [-0.39, 0.29) is 11.4 Å². The summed E-state index contributed by atoms with van der Waals surface area (Å²) in [6.07, 6.45) is 0. The van der Waals surface area contributed by atoms with Crippen LogP contribution in [-0.4, -0.2) is 44.1 Å². The third-order valence-electron chi connectivity index (χ3n) is 3.38. The van der Waals surface area contributed by atoms with Gasteiger partial charge in [0, 0.05) is 17.6 Å². The highest BCUT2D eigenvalue weighted by Crippen LogP contribution is 2.21. The van der Waals surface area contributed by atoms with Crippen molar-refractivity contribution in [3.63, 3.8) is 0 Å². The van der Waals surface area contributed by atoms with Crippen molar-refractivity contribution in [2.75, 3.05) is 33.5 Å². The summed E-state index contributed by atoms with van der Waals surface area (Å²) in [4.78, 5) is 14.1. The van der Waals surface area contributed by atoms with E-state index in [0.29, 0.717) is 23.5 Å². The monoisotopic (exact) mass is 265 g/mol. The van der Waals surface area contributed by atoms with Crippen LogP contribution in [0, 0.1) is 0 Å². The first-order chi connectivity index (χ1) is 8.77. The van der Waals surface area contributed by atoms with Gasteiger partial charge in [0.25, 0.3) is 5.91 Å². The van der Waals surface area contributed by atoms with E-state index in [1.54, 1.807) is 25.3 Å². The van der Waals surface area contributed by atoms with Crippen LogP contribution in [0.4, 0.5) is 5.69 Å². The van der Waals surface area contributed by atoms with Crippen LogP contribution < -0.4 is 15.8 Å². The van der Waals surface area contributed by atoms with Gasteiger partial charge in [-0.25, -0.2) is 0 Å². The van der Waals surface area contributed by atoms with Gasteiger partial charge in [-0.15, -0.1) is 0 Å². The fraction of sp³-hybridized carbons (Fsp3) is 0.500. The number of amides is 1.